The lowest BCUT2D eigenvalue weighted by Gasteiger charge is -2.13. The molecule has 0 radical (unpaired) electrons. The lowest BCUT2D eigenvalue weighted by atomic mass is 10.1. The van der Waals surface area contributed by atoms with E-state index in [1.807, 2.05) is 0 Å². The van der Waals surface area contributed by atoms with E-state index in [0.29, 0.717) is 6.42 Å². The van der Waals surface area contributed by atoms with Crippen molar-refractivity contribution in [1.29, 1.82) is 0 Å². The first kappa shape index (κ1) is 14.8. The van der Waals surface area contributed by atoms with Crippen LogP contribution in [-0.2, 0) is 0 Å². The van der Waals surface area contributed by atoms with Crippen molar-refractivity contribution in [1.82, 2.24) is 0 Å². The summed E-state index contributed by atoms with van der Waals surface area (Å²) in [5.74, 6) is 0. The molecule has 0 fully saturated rings. The van der Waals surface area contributed by atoms with Crippen molar-refractivity contribution in [2.45, 2.75) is 64.3 Å². The molecule has 15 heavy (non-hydrogen) atoms. The third-order valence-corrected chi connectivity index (χ3v) is 2.23. The highest BCUT2D eigenvalue weighted by atomic mass is 35.5. The number of nitrogens with zero attached hydrogens (tertiary/aromatic N) is 1. The molecule has 4 heteroatoms. The predicted octanol–water partition coefficient (Wildman–Crippen LogP) is 4.64. The van der Waals surface area contributed by atoms with Crippen LogP contribution in [0.3, 0.4) is 0 Å². The standard InChI is InChI=1S/C11H20ClF2N/c1-4-5-6-7-8-10(11(12,13)14)15-9(2)3/h9H,4-8H2,1-3H3. The van der Waals surface area contributed by atoms with Crippen molar-refractivity contribution in [3.8, 4) is 0 Å². The van der Waals surface area contributed by atoms with E-state index in [0.717, 1.165) is 25.7 Å². The molecule has 0 bridgehead atoms. The molecule has 0 aromatic heterocycles. The van der Waals surface area contributed by atoms with Gasteiger partial charge in [-0.15, -0.1) is 0 Å². The number of hydrogen-bond acceptors (Lipinski definition) is 1. The van der Waals surface area contributed by atoms with Gasteiger partial charge in [-0.1, -0.05) is 26.2 Å². The summed E-state index contributed by atoms with van der Waals surface area (Å²) in [7, 11) is 0. The quantitative estimate of drug-likeness (QED) is 0.349. The van der Waals surface area contributed by atoms with E-state index in [-0.39, 0.29) is 11.8 Å². The molecule has 0 heterocycles. The molecule has 0 N–H and O–H groups in total. The van der Waals surface area contributed by atoms with E-state index in [2.05, 4.69) is 11.9 Å². The maximum Gasteiger partial charge on any atom is 0.360 e. The molecule has 0 aliphatic heterocycles. The van der Waals surface area contributed by atoms with Gasteiger partial charge in [-0.25, -0.2) is 0 Å². The monoisotopic (exact) mass is 239 g/mol. The second-order valence-corrected chi connectivity index (χ2v) is 4.45. The first-order valence-corrected chi connectivity index (χ1v) is 5.89. The lowest BCUT2D eigenvalue weighted by Crippen LogP contribution is -2.23. The van der Waals surface area contributed by atoms with Gasteiger partial charge in [-0.05, 0) is 38.3 Å². The molecule has 0 saturated heterocycles. The Morgan fingerprint density at radius 2 is 1.87 bits per heavy atom. The first-order valence-electron chi connectivity index (χ1n) is 5.51. The van der Waals surface area contributed by atoms with Crippen LogP contribution in [-0.4, -0.2) is 17.1 Å². The van der Waals surface area contributed by atoms with Crippen LogP contribution in [0.15, 0.2) is 4.99 Å². The van der Waals surface area contributed by atoms with E-state index in [1.54, 1.807) is 13.8 Å². The molecule has 0 saturated carbocycles. The average Bonchev–Trinajstić information content (AvgIpc) is 2.08. The van der Waals surface area contributed by atoms with Gasteiger partial charge in [0.1, 0.15) is 0 Å². The van der Waals surface area contributed by atoms with E-state index >= 15 is 0 Å². The number of aliphatic imine (C=N–C) groups is 1. The van der Waals surface area contributed by atoms with Gasteiger partial charge in [-0.3, -0.25) is 4.99 Å². The Labute approximate surface area is 95.9 Å². The van der Waals surface area contributed by atoms with Crippen LogP contribution in [0.4, 0.5) is 8.78 Å². The number of rotatable bonds is 7. The molecular formula is C11H20ClF2N. The Morgan fingerprint density at radius 1 is 1.27 bits per heavy atom. The summed E-state index contributed by atoms with van der Waals surface area (Å²) >= 11 is 4.99. The van der Waals surface area contributed by atoms with Gasteiger partial charge in [0.2, 0.25) is 0 Å². The predicted molar refractivity (Wildman–Crippen MR) is 62.1 cm³/mol. The molecule has 0 spiro atoms. The lowest BCUT2D eigenvalue weighted by molar-refractivity contribution is 0.171. The highest BCUT2D eigenvalue weighted by Gasteiger charge is 2.32. The maximum absolute atomic E-state index is 12.9. The fourth-order valence-corrected chi connectivity index (χ4v) is 1.45. The average molecular weight is 240 g/mol. The summed E-state index contributed by atoms with van der Waals surface area (Å²) in [5.41, 5.74) is -0.171. The van der Waals surface area contributed by atoms with Crippen molar-refractivity contribution in [2.24, 2.45) is 4.99 Å². The number of unbranched alkanes of at least 4 members (excludes halogenated alkanes) is 3. The van der Waals surface area contributed by atoms with Crippen LogP contribution in [0.5, 0.6) is 0 Å². The minimum Gasteiger partial charge on any atom is -0.284 e. The summed E-state index contributed by atoms with van der Waals surface area (Å²) in [6, 6.07) is -0.129. The Bertz CT molecular complexity index is 197. The molecular weight excluding hydrogens is 220 g/mol. The number of alkyl halides is 3. The molecule has 0 unspecified atom stereocenters. The van der Waals surface area contributed by atoms with Gasteiger partial charge in [0.15, 0.2) is 0 Å². The zero-order chi connectivity index (χ0) is 11.9. The van der Waals surface area contributed by atoms with Crippen LogP contribution < -0.4 is 0 Å². The highest BCUT2D eigenvalue weighted by molar-refractivity contribution is 6.33. The molecule has 0 rings (SSSR count). The molecule has 90 valence electrons. The van der Waals surface area contributed by atoms with E-state index in [4.69, 9.17) is 11.6 Å². The van der Waals surface area contributed by atoms with Crippen molar-refractivity contribution < 1.29 is 8.78 Å². The van der Waals surface area contributed by atoms with Gasteiger partial charge in [-0.2, -0.15) is 8.78 Å². The Balaban J connectivity index is 4.16. The third kappa shape index (κ3) is 7.71. The summed E-state index contributed by atoms with van der Waals surface area (Å²) in [4.78, 5) is 3.88. The molecule has 0 atom stereocenters. The summed E-state index contributed by atoms with van der Waals surface area (Å²) < 4.78 is 25.8. The van der Waals surface area contributed by atoms with Crippen molar-refractivity contribution in [3.05, 3.63) is 0 Å². The third-order valence-electron chi connectivity index (χ3n) is 2.01. The molecule has 0 amide bonds. The van der Waals surface area contributed by atoms with E-state index in [9.17, 15) is 8.78 Å². The molecule has 0 aliphatic carbocycles. The Kier molecular flexibility index (Phi) is 7.07. The molecule has 0 aliphatic rings. The van der Waals surface area contributed by atoms with Crippen LogP contribution >= 0.6 is 11.6 Å². The van der Waals surface area contributed by atoms with Gasteiger partial charge >= 0.3 is 5.38 Å². The zero-order valence-electron chi connectivity index (χ0n) is 9.69. The van der Waals surface area contributed by atoms with Gasteiger partial charge in [0, 0.05) is 6.04 Å². The fraction of sp³-hybridized carbons (Fsp3) is 0.909. The summed E-state index contributed by atoms with van der Waals surface area (Å²) in [6.07, 6.45) is 4.16. The van der Waals surface area contributed by atoms with Crippen molar-refractivity contribution in [2.75, 3.05) is 0 Å². The van der Waals surface area contributed by atoms with Crippen LogP contribution in [0.1, 0.15) is 52.9 Å². The van der Waals surface area contributed by atoms with Crippen LogP contribution in [0.25, 0.3) is 0 Å². The van der Waals surface area contributed by atoms with Crippen LogP contribution in [0.2, 0.25) is 0 Å². The van der Waals surface area contributed by atoms with Crippen molar-refractivity contribution >= 4 is 17.3 Å². The minimum atomic E-state index is -3.28. The van der Waals surface area contributed by atoms with Gasteiger partial charge < -0.3 is 0 Å². The van der Waals surface area contributed by atoms with E-state index in [1.165, 1.54) is 0 Å². The second kappa shape index (κ2) is 7.15. The van der Waals surface area contributed by atoms with Gasteiger partial charge in [0.25, 0.3) is 0 Å². The normalized spacial score (nSPS) is 13.7. The maximum atomic E-state index is 12.9. The Morgan fingerprint density at radius 3 is 2.27 bits per heavy atom. The largest absolute Gasteiger partial charge is 0.360 e. The first-order chi connectivity index (χ1) is 6.88. The highest BCUT2D eigenvalue weighted by Crippen LogP contribution is 2.25. The number of hydrogen-bond donors (Lipinski definition) is 0. The summed E-state index contributed by atoms with van der Waals surface area (Å²) in [6.45, 7) is 5.63. The smallest absolute Gasteiger partial charge is 0.284 e. The summed E-state index contributed by atoms with van der Waals surface area (Å²) in [5, 5.41) is -3.28. The van der Waals surface area contributed by atoms with E-state index < -0.39 is 5.38 Å². The SMILES string of the molecule is CCCCCCC(=NC(C)C)C(F)(F)Cl. The number of halogens is 3. The topological polar surface area (TPSA) is 12.4 Å². The second-order valence-electron chi connectivity index (χ2n) is 3.98. The zero-order valence-corrected chi connectivity index (χ0v) is 10.4. The molecule has 0 aromatic carbocycles. The van der Waals surface area contributed by atoms with Gasteiger partial charge in [0.05, 0.1) is 5.71 Å². The fourth-order valence-electron chi connectivity index (χ4n) is 1.31. The van der Waals surface area contributed by atoms with Crippen molar-refractivity contribution in [3.63, 3.8) is 0 Å². The Hall–Kier alpha value is -0.180. The molecule has 0 aromatic rings. The minimum absolute atomic E-state index is 0.129. The molecule has 1 nitrogen and oxygen atoms in total. The van der Waals surface area contributed by atoms with Crippen LogP contribution in [0, 0.1) is 0 Å².